The molecular formula is C16H15N3O5. The number of nitrogens with one attached hydrogen (secondary N) is 1. The molecular weight excluding hydrogens is 314 g/mol. The van der Waals surface area contributed by atoms with Gasteiger partial charge in [-0.25, -0.2) is 4.79 Å². The number of nitro benzene ring substituents is 1. The first-order valence-electron chi connectivity index (χ1n) is 7.02. The van der Waals surface area contributed by atoms with Gasteiger partial charge in [0, 0.05) is 12.1 Å². The van der Waals surface area contributed by atoms with Crippen molar-refractivity contribution in [3.63, 3.8) is 0 Å². The summed E-state index contributed by atoms with van der Waals surface area (Å²) in [6.07, 6.45) is 0.293. The van der Waals surface area contributed by atoms with Crippen molar-refractivity contribution in [2.24, 2.45) is 5.73 Å². The van der Waals surface area contributed by atoms with Crippen molar-refractivity contribution in [2.45, 2.75) is 12.5 Å². The molecule has 8 nitrogen and oxygen atoms in total. The average molecular weight is 329 g/mol. The Morgan fingerprint density at radius 1 is 1.12 bits per heavy atom. The summed E-state index contributed by atoms with van der Waals surface area (Å²) in [6.45, 7) is 0. The van der Waals surface area contributed by atoms with E-state index in [2.05, 4.69) is 4.84 Å². The van der Waals surface area contributed by atoms with E-state index in [1.54, 1.807) is 0 Å². The lowest BCUT2D eigenvalue weighted by molar-refractivity contribution is -0.384. The van der Waals surface area contributed by atoms with Crippen LogP contribution in [0.5, 0.6) is 0 Å². The van der Waals surface area contributed by atoms with E-state index < -0.39 is 22.8 Å². The fraction of sp³-hybridized carbons (Fsp3) is 0.125. The predicted molar refractivity (Wildman–Crippen MR) is 84.8 cm³/mol. The average Bonchev–Trinajstić information content (AvgIpc) is 2.60. The maximum Gasteiger partial charge on any atom is 0.362 e. The van der Waals surface area contributed by atoms with Crippen LogP contribution in [0.2, 0.25) is 0 Å². The second-order valence-electron chi connectivity index (χ2n) is 4.96. The second kappa shape index (κ2) is 7.84. The molecule has 0 heterocycles. The van der Waals surface area contributed by atoms with E-state index >= 15 is 0 Å². The van der Waals surface area contributed by atoms with Gasteiger partial charge in [0.2, 0.25) is 0 Å². The molecule has 1 atom stereocenters. The quantitative estimate of drug-likeness (QED) is 0.630. The Labute approximate surface area is 137 Å². The van der Waals surface area contributed by atoms with Gasteiger partial charge in [-0.3, -0.25) is 14.9 Å². The zero-order valence-corrected chi connectivity index (χ0v) is 12.5. The minimum absolute atomic E-state index is 0.0672. The molecule has 0 saturated carbocycles. The summed E-state index contributed by atoms with van der Waals surface area (Å²) >= 11 is 0. The molecule has 0 aromatic heterocycles. The van der Waals surface area contributed by atoms with Gasteiger partial charge in [-0.2, -0.15) is 5.48 Å². The number of non-ortho nitro benzene ring substituents is 1. The molecule has 0 radical (unpaired) electrons. The van der Waals surface area contributed by atoms with Crippen LogP contribution in [-0.4, -0.2) is 22.8 Å². The van der Waals surface area contributed by atoms with Gasteiger partial charge in [0.05, 0.1) is 16.5 Å². The number of hydroxylamine groups is 1. The molecule has 0 aliphatic heterocycles. The van der Waals surface area contributed by atoms with Crippen LogP contribution >= 0.6 is 0 Å². The maximum atomic E-state index is 11.8. The van der Waals surface area contributed by atoms with Gasteiger partial charge in [0.25, 0.3) is 11.6 Å². The predicted octanol–water partition coefficient (Wildman–Crippen LogP) is 1.35. The van der Waals surface area contributed by atoms with Crippen LogP contribution < -0.4 is 11.2 Å². The fourth-order valence-electron chi connectivity index (χ4n) is 1.91. The molecule has 0 aliphatic rings. The summed E-state index contributed by atoms with van der Waals surface area (Å²) in [5, 5.41) is 10.5. The zero-order chi connectivity index (χ0) is 17.5. The van der Waals surface area contributed by atoms with Gasteiger partial charge < -0.3 is 10.6 Å². The van der Waals surface area contributed by atoms with E-state index in [1.165, 1.54) is 24.3 Å². The molecule has 24 heavy (non-hydrogen) atoms. The fourth-order valence-corrected chi connectivity index (χ4v) is 1.91. The van der Waals surface area contributed by atoms with Crippen molar-refractivity contribution in [2.75, 3.05) is 0 Å². The standard InChI is InChI=1S/C16H15N3O5/c17-14(10-11-4-2-1-3-5-11)15(20)18-24-16(21)12-6-8-13(9-7-12)19(22)23/h1-9,14H,10,17H2,(H,18,20)/t14-/m0/s1. The van der Waals surface area contributed by atoms with Crippen molar-refractivity contribution < 1.29 is 19.3 Å². The lowest BCUT2D eigenvalue weighted by atomic mass is 10.1. The van der Waals surface area contributed by atoms with Gasteiger partial charge >= 0.3 is 5.97 Å². The highest BCUT2D eigenvalue weighted by Crippen LogP contribution is 2.12. The van der Waals surface area contributed by atoms with Gasteiger partial charge in [-0.05, 0) is 24.1 Å². The molecule has 0 saturated heterocycles. The van der Waals surface area contributed by atoms with Crippen molar-refractivity contribution >= 4 is 17.6 Å². The highest BCUT2D eigenvalue weighted by atomic mass is 16.7. The Bertz CT molecular complexity index is 731. The van der Waals surface area contributed by atoms with Crippen molar-refractivity contribution in [3.05, 3.63) is 75.8 Å². The molecule has 2 aromatic rings. The lowest BCUT2D eigenvalue weighted by Crippen LogP contribution is -2.42. The smallest absolute Gasteiger partial charge is 0.335 e. The Kier molecular flexibility index (Phi) is 5.58. The first kappa shape index (κ1) is 17.1. The van der Waals surface area contributed by atoms with E-state index in [9.17, 15) is 19.7 Å². The third-order valence-corrected chi connectivity index (χ3v) is 3.19. The molecule has 0 fully saturated rings. The number of benzene rings is 2. The molecule has 0 aliphatic carbocycles. The number of nitro groups is 1. The van der Waals surface area contributed by atoms with Gasteiger partial charge in [-0.15, -0.1) is 0 Å². The van der Waals surface area contributed by atoms with E-state index in [0.717, 1.165) is 5.56 Å². The van der Waals surface area contributed by atoms with Crippen molar-refractivity contribution in [1.82, 2.24) is 5.48 Å². The Morgan fingerprint density at radius 2 is 1.75 bits per heavy atom. The monoisotopic (exact) mass is 329 g/mol. The highest BCUT2D eigenvalue weighted by Gasteiger charge is 2.17. The minimum atomic E-state index is -0.878. The van der Waals surface area contributed by atoms with E-state index in [-0.39, 0.29) is 11.3 Å². The van der Waals surface area contributed by atoms with Gasteiger partial charge in [0.15, 0.2) is 0 Å². The number of carbonyl (C=O) groups is 2. The van der Waals surface area contributed by atoms with Crippen molar-refractivity contribution in [3.8, 4) is 0 Å². The molecule has 0 unspecified atom stereocenters. The van der Waals surface area contributed by atoms with Gasteiger partial charge in [0.1, 0.15) is 0 Å². The first-order valence-corrected chi connectivity index (χ1v) is 7.02. The lowest BCUT2D eigenvalue weighted by Gasteiger charge is -2.12. The Hall–Kier alpha value is -3.26. The molecule has 0 bridgehead atoms. The first-order chi connectivity index (χ1) is 11.5. The number of hydrogen-bond acceptors (Lipinski definition) is 6. The summed E-state index contributed by atoms with van der Waals surface area (Å²) in [5.41, 5.74) is 8.53. The maximum absolute atomic E-state index is 11.8. The molecule has 124 valence electrons. The summed E-state index contributed by atoms with van der Waals surface area (Å²) in [5.74, 6) is -1.49. The molecule has 0 spiro atoms. The number of amides is 1. The van der Waals surface area contributed by atoms with E-state index in [0.29, 0.717) is 6.42 Å². The number of hydrogen-bond donors (Lipinski definition) is 2. The normalized spacial score (nSPS) is 11.4. The number of nitrogens with zero attached hydrogens (tertiary/aromatic N) is 1. The third kappa shape index (κ3) is 4.62. The van der Waals surface area contributed by atoms with Crippen molar-refractivity contribution in [1.29, 1.82) is 0 Å². The summed E-state index contributed by atoms with van der Waals surface area (Å²) in [6, 6.07) is 13.1. The number of carbonyl (C=O) groups excluding carboxylic acids is 2. The molecule has 2 rings (SSSR count). The minimum Gasteiger partial charge on any atom is -0.335 e. The molecule has 2 aromatic carbocycles. The number of nitrogens with two attached hydrogens (primary N) is 1. The summed E-state index contributed by atoms with van der Waals surface area (Å²) in [7, 11) is 0. The molecule has 3 N–H and O–H groups in total. The van der Waals surface area contributed by atoms with Crippen LogP contribution in [0.3, 0.4) is 0 Å². The van der Waals surface area contributed by atoms with Crippen LogP contribution in [-0.2, 0) is 16.1 Å². The molecule has 8 heteroatoms. The highest BCUT2D eigenvalue weighted by molar-refractivity contribution is 5.91. The van der Waals surface area contributed by atoms with Crippen LogP contribution in [0, 0.1) is 10.1 Å². The summed E-state index contributed by atoms with van der Waals surface area (Å²) in [4.78, 5) is 38.2. The molecule has 1 amide bonds. The van der Waals surface area contributed by atoms with E-state index in [1.807, 2.05) is 35.8 Å². The van der Waals surface area contributed by atoms with Crippen LogP contribution in [0.25, 0.3) is 0 Å². The summed E-state index contributed by atoms with van der Waals surface area (Å²) < 4.78 is 0. The zero-order valence-electron chi connectivity index (χ0n) is 12.5. The Balaban J connectivity index is 1.86. The Morgan fingerprint density at radius 3 is 2.33 bits per heavy atom. The van der Waals surface area contributed by atoms with E-state index in [4.69, 9.17) is 5.73 Å². The van der Waals surface area contributed by atoms with Gasteiger partial charge in [-0.1, -0.05) is 30.3 Å². The van der Waals surface area contributed by atoms with Crippen LogP contribution in [0.4, 0.5) is 5.69 Å². The topological polar surface area (TPSA) is 125 Å². The number of rotatable bonds is 5. The SMILES string of the molecule is N[C@@H](Cc1ccccc1)C(=O)NOC(=O)c1ccc([N+](=O)[O-])cc1. The largest absolute Gasteiger partial charge is 0.362 e. The van der Waals surface area contributed by atoms with Crippen LogP contribution in [0.15, 0.2) is 54.6 Å². The third-order valence-electron chi connectivity index (χ3n) is 3.19. The van der Waals surface area contributed by atoms with Crippen LogP contribution in [0.1, 0.15) is 15.9 Å². The second-order valence-corrected chi connectivity index (χ2v) is 4.96.